The lowest BCUT2D eigenvalue weighted by Gasteiger charge is -2.15. The Bertz CT molecular complexity index is 533. The summed E-state index contributed by atoms with van der Waals surface area (Å²) in [6.07, 6.45) is 3.84. The average molecular weight is 288 g/mol. The summed E-state index contributed by atoms with van der Waals surface area (Å²) in [7, 11) is 1.39. The molecule has 0 saturated heterocycles. The molecule has 0 aliphatic carbocycles. The van der Waals surface area contributed by atoms with Crippen molar-refractivity contribution in [1.82, 2.24) is 9.78 Å². The molecule has 104 valence electrons. The highest BCUT2D eigenvalue weighted by Crippen LogP contribution is 2.23. The SMILES string of the molecule is CO/C(N)=C(/C=C(\N)Cl)C(C)n1cc([N+](=O)[O-])cn1. The van der Waals surface area contributed by atoms with Crippen LogP contribution in [-0.2, 0) is 4.74 Å². The van der Waals surface area contributed by atoms with Gasteiger partial charge in [-0.05, 0) is 13.0 Å². The Labute approximate surface area is 114 Å². The first-order valence-corrected chi connectivity index (χ1v) is 5.59. The van der Waals surface area contributed by atoms with Gasteiger partial charge in [-0.15, -0.1) is 0 Å². The summed E-state index contributed by atoms with van der Waals surface area (Å²) in [6.45, 7) is 1.73. The molecule has 0 saturated carbocycles. The maximum atomic E-state index is 10.6. The van der Waals surface area contributed by atoms with Crippen LogP contribution in [0.1, 0.15) is 13.0 Å². The van der Waals surface area contributed by atoms with E-state index in [0.717, 1.165) is 6.20 Å². The zero-order chi connectivity index (χ0) is 14.6. The van der Waals surface area contributed by atoms with Crippen molar-refractivity contribution < 1.29 is 9.66 Å². The molecule has 0 bridgehead atoms. The summed E-state index contributed by atoms with van der Waals surface area (Å²) in [5.74, 6) is 0.106. The Hall–Kier alpha value is -2.22. The van der Waals surface area contributed by atoms with Gasteiger partial charge in [0.25, 0.3) is 0 Å². The number of rotatable bonds is 5. The quantitative estimate of drug-likeness (QED) is 0.276. The minimum atomic E-state index is -0.537. The maximum absolute atomic E-state index is 10.6. The molecule has 0 amide bonds. The van der Waals surface area contributed by atoms with Gasteiger partial charge < -0.3 is 16.2 Å². The molecule has 1 aromatic rings. The second-order valence-corrected chi connectivity index (χ2v) is 4.10. The fraction of sp³-hybridized carbons (Fsp3) is 0.300. The van der Waals surface area contributed by atoms with E-state index >= 15 is 0 Å². The Balaban J connectivity index is 3.16. The topological polar surface area (TPSA) is 122 Å². The molecule has 0 fully saturated rings. The summed E-state index contributed by atoms with van der Waals surface area (Å²) in [6, 6.07) is -0.425. The average Bonchev–Trinajstić information content (AvgIpc) is 2.83. The first kappa shape index (κ1) is 14.8. The van der Waals surface area contributed by atoms with E-state index in [4.69, 9.17) is 27.8 Å². The molecular weight excluding hydrogens is 274 g/mol. The summed E-state index contributed by atoms with van der Waals surface area (Å²) >= 11 is 5.62. The van der Waals surface area contributed by atoms with Crippen LogP contribution in [0.2, 0.25) is 0 Å². The van der Waals surface area contributed by atoms with Crippen molar-refractivity contribution in [3.63, 3.8) is 0 Å². The number of nitrogens with zero attached hydrogens (tertiary/aromatic N) is 3. The molecule has 0 aliphatic rings. The number of hydrogen-bond donors (Lipinski definition) is 2. The van der Waals surface area contributed by atoms with Gasteiger partial charge in [-0.3, -0.25) is 14.8 Å². The number of aromatic nitrogens is 2. The van der Waals surface area contributed by atoms with Crippen molar-refractivity contribution in [3.8, 4) is 0 Å². The Kier molecular flexibility index (Phi) is 4.76. The number of ether oxygens (including phenoxy) is 1. The van der Waals surface area contributed by atoms with Crippen LogP contribution >= 0.6 is 11.6 Å². The first-order chi connectivity index (χ1) is 8.86. The maximum Gasteiger partial charge on any atom is 0.307 e. The van der Waals surface area contributed by atoms with Gasteiger partial charge in [-0.25, -0.2) is 0 Å². The standard InChI is InChI=1S/C10H14ClN5O3/c1-6(8(3-9(11)12)10(13)19-2)15-5-7(4-14-15)16(17)18/h3-6H,12-13H2,1-2H3/b9-3-,10-8-. The smallest absolute Gasteiger partial charge is 0.307 e. The van der Waals surface area contributed by atoms with E-state index in [0.29, 0.717) is 5.57 Å². The van der Waals surface area contributed by atoms with Crippen LogP contribution < -0.4 is 11.5 Å². The molecule has 1 rings (SSSR count). The van der Waals surface area contributed by atoms with Crippen molar-refractivity contribution in [2.45, 2.75) is 13.0 Å². The lowest BCUT2D eigenvalue weighted by atomic mass is 10.1. The monoisotopic (exact) mass is 287 g/mol. The number of hydrogen-bond acceptors (Lipinski definition) is 6. The predicted octanol–water partition coefficient (Wildman–Crippen LogP) is 1.21. The van der Waals surface area contributed by atoms with E-state index in [9.17, 15) is 10.1 Å². The van der Waals surface area contributed by atoms with Crippen molar-refractivity contribution in [1.29, 1.82) is 0 Å². The molecule has 1 atom stereocenters. The summed E-state index contributed by atoms with van der Waals surface area (Å²) in [4.78, 5) is 10.1. The highest BCUT2D eigenvalue weighted by molar-refractivity contribution is 6.29. The van der Waals surface area contributed by atoms with Gasteiger partial charge in [0.15, 0.2) is 5.88 Å². The summed E-state index contributed by atoms with van der Waals surface area (Å²) in [5.41, 5.74) is 11.4. The lowest BCUT2D eigenvalue weighted by molar-refractivity contribution is -0.385. The van der Waals surface area contributed by atoms with Crippen molar-refractivity contribution >= 4 is 17.3 Å². The van der Waals surface area contributed by atoms with E-state index in [1.807, 2.05) is 0 Å². The minimum absolute atomic E-state index is 0.0171. The highest BCUT2D eigenvalue weighted by Gasteiger charge is 2.18. The second-order valence-electron chi connectivity index (χ2n) is 3.66. The van der Waals surface area contributed by atoms with Crippen molar-refractivity contribution in [2.75, 3.05) is 7.11 Å². The molecule has 0 spiro atoms. The van der Waals surface area contributed by atoms with Crippen LogP contribution in [0.4, 0.5) is 5.69 Å². The zero-order valence-electron chi connectivity index (χ0n) is 10.4. The van der Waals surface area contributed by atoms with E-state index in [1.165, 1.54) is 24.1 Å². The fourth-order valence-corrected chi connectivity index (χ4v) is 1.56. The Morgan fingerprint density at radius 2 is 2.32 bits per heavy atom. The van der Waals surface area contributed by atoms with Crippen LogP contribution in [0.3, 0.4) is 0 Å². The van der Waals surface area contributed by atoms with Gasteiger partial charge in [0.2, 0.25) is 0 Å². The predicted molar refractivity (Wildman–Crippen MR) is 69.9 cm³/mol. The van der Waals surface area contributed by atoms with Crippen molar-refractivity contribution in [3.05, 3.63) is 45.2 Å². The molecule has 1 heterocycles. The lowest BCUT2D eigenvalue weighted by Crippen LogP contribution is -2.14. The van der Waals surface area contributed by atoms with Crippen LogP contribution in [0.5, 0.6) is 0 Å². The number of methoxy groups -OCH3 is 1. The zero-order valence-corrected chi connectivity index (χ0v) is 11.2. The molecule has 0 radical (unpaired) electrons. The van der Waals surface area contributed by atoms with Gasteiger partial charge in [0.05, 0.1) is 23.2 Å². The molecule has 1 aromatic heterocycles. The van der Waals surface area contributed by atoms with Crippen LogP contribution in [0.15, 0.2) is 35.1 Å². The highest BCUT2D eigenvalue weighted by atomic mass is 35.5. The molecule has 0 aromatic carbocycles. The summed E-state index contributed by atoms with van der Waals surface area (Å²) in [5, 5.41) is 14.5. The molecule has 9 heteroatoms. The fourth-order valence-electron chi connectivity index (χ4n) is 1.44. The number of halogens is 1. The van der Waals surface area contributed by atoms with E-state index < -0.39 is 11.0 Å². The van der Waals surface area contributed by atoms with Crippen LogP contribution in [0.25, 0.3) is 0 Å². The van der Waals surface area contributed by atoms with E-state index in [-0.39, 0.29) is 16.7 Å². The third-order valence-corrected chi connectivity index (χ3v) is 2.55. The second kappa shape index (κ2) is 6.10. The van der Waals surface area contributed by atoms with Gasteiger partial charge in [0.1, 0.15) is 12.4 Å². The number of allylic oxidation sites excluding steroid dienone is 2. The van der Waals surface area contributed by atoms with Gasteiger partial charge in [-0.1, -0.05) is 11.6 Å². The minimum Gasteiger partial charge on any atom is -0.482 e. The summed E-state index contributed by atoms with van der Waals surface area (Å²) < 4.78 is 6.30. The van der Waals surface area contributed by atoms with E-state index in [1.54, 1.807) is 6.92 Å². The van der Waals surface area contributed by atoms with Gasteiger partial charge in [0, 0.05) is 5.57 Å². The molecule has 19 heavy (non-hydrogen) atoms. The van der Waals surface area contributed by atoms with Gasteiger partial charge in [-0.2, -0.15) is 5.10 Å². The largest absolute Gasteiger partial charge is 0.482 e. The van der Waals surface area contributed by atoms with E-state index in [2.05, 4.69) is 5.10 Å². The molecule has 4 N–H and O–H groups in total. The van der Waals surface area contributed by atoms with Crippen LogP contribution in [0, 0.1) is 10.1 Å². The Morgan fingerprint density at radius 1 is 1.68 bits per heavy atom. The molecule has 8 nitrogen and oxygen atoms in total. The Morgan fingerprint density at radius 3 is 2.74 bits per heavy atom. The van der Waals surface area contributed by atoms with Gasteiger partial charge >= 0.3 is 5.69 Å². The molecular formula is C10H14ClN5O3. The third kappa shape index (κ3) is 3.62. The third-order valence-electron chi connectivity index (χ3n) is 2.44. The molecule has 0 aliphatic heterocycles. The first-order valence-electron chi connectivity index (χ1n) is 5.21. The number of nitrogens with two attached hydrogens (primary N) is 2. The normalized spacial score (nSPS) is 14.8. The van der Waals surface area contributed by atoms with Crippen LogP contribution in [-0.4, -0.2) is 21.8 Å². The molecule has 1 unspecified atom stereocenters. The van der Waals surface area contributed by atoms with Crippen molar-refractivity contribution in [2.24, 2.45) is 11.5 Å². The number of nitro groups is 1.